The van der Waals surface area contributed by atoms with Crippen LogP contribution in [0.5, 0.6) is 0 Å². The van der Waals surface area contributed by atoms with Gasteiger partial charge in [0.05, 0.1) is 6.42 Å². The molecule has 5 nitrogen and oxygen atoms in total. The predicted molar refractivity (Wildman–Crippen MR) is 56.1 cm³/mol. The van der Waals surface area contributed by atoms with Crippen LogP contribution in [0.15, 0.2) is 4.52 Å². The standard InChI is InChI=1S/C11H14F2N2O3/c1-2-17-9(6-3-4-6)11-14-8(18-15-11)5-7(16)10(12)13/h6,9-10H,2-5H2,1H3. The van der Waals surface area contributed by atoms with Gasteiger partial charge in [-0.1, -0.05) is 5.16 Å². The number of carbonyl (C=O) groups excluding carboxylic acids is 1. The minimum absolute atomic E-state index is 0.0827. The second kappa shape index (κ2) is 5.51. The van der Waals surface area contributed by atoms with Gasteiger partial charge in [-0.3, -0.25) is 4.79 Å². The molecule has 0 spiro atoms. The second-order valence-electron chi connectivity index (χ2n) is 4.20. The highest BCUT2D eigenvalue weighted by molar-refractivity contribution is 5.82. The van der Waals surface area contributed by atoms with Gasteiger partial charge in [-0.05, 0) is 25.7 Å². The van der Waals surface area contributed by atoms with E-state index in [0.717, 1.165) is 12.8 Å². The van der Waals surface area contributed by atoms with Gasteiger partial charge in [-0.25, -0.2) is 8.78 Å². The first-order valence-corrected chi connectivity index (χ1v) is 5.86. The van der Waals surface area contributed by atoms with Crippen molar-refractivity contribution in [2.75, 3.05) is 6.61 Å². The van der Waals surface area contributed by atoms with Crippen LogP contribution < -0.4 is 0 Å². The Hall–Kier alpha value is -1.37. The van der Waals surface area contributed by atoms with E-state index in [2.05, 4.69) is 10.1 Å². The van der Waals surface area contributed by atoms with Crippen molar-refractivity contribution in [2.24, 2.45) is 5.92 Å². The molecule has 0 saturated heterocycles. The first-order chi connectivity index (χ1) is 8.61. The average Bonchev–Trinajstić information content (AvgIpc) is 3.06. The molecule has 1 fully saturated rings. The molecule has 100 valence electrons. The number of Topliss-reactive ketones (excluding diaryl/α,β-unsaturated/α-hetero) is 1. The number of halogens is 2. The number of rotatable bonds is 7. The molecule has 7 heteroatoms. The molecule has 18 heavy (non-hydrogen) atoms. The summed E-state index contributed by atoms with van der Waals surface area (Å²) < 4.78 is 34.4. The highest BCUT2D eigenvalue weighted by Gasteiger charge is 2.36. The van der Waals surface area contributed by atoms with Gasteiger partial charge in [0.25, 0.3) is 6.43 Å². The number of nitrogens with zero attached hydrogens (tertiary/aromatic N) is 2. The fourth-order valence-electron chi connectivity index (χ4n) is 1.68. The maximum Gasteiger partial charge on any atom is 0.296 e. The monoisotopic (exact) mass is 260 g/mol. The van der Waals surface area contributed by atoms with Crippen LogP contribution in [0.25, 0.3) is 0 Å². The maximum atomic E-state index is 12.1. The first-order valence-electron chi connectivity index (χ1n) is 5.86. The summed E-state index contributed by atoms with van der Waals surface area (Å²) in [5, 5.41) is 3.70. The van der Waals surface area contributed by atoms with Gasteiger partial charge in [-0.15, -0.1) is 0 Å². The number of ether oxygens (including phenoxy) is 1. The van der Waals surface area contributed by atoms with E-state index in [1.165, 1.54) is 0 Å². The van der Waals surface area contributed by atoms with E-state index in [-0.39, 0.29) is 12.0 Å². The zero-order valence-electron chi connectivity index (χ0n) is 9.94. The molecule has 0 aromatic carbocycles. The molecule has 0 N–H and O–H groups in total. The Balaban J connectivity index is 2.02. The average molecular weight is 260 g/mol. The van der Waals surface area contributed by atoms with E-state index < -0.39 is 18.6 Å². The maximum absolute atomic E-state index is 12.1. The van der Waals surface area contributed by atoms with Crippen molar-refractivity contribution in [3.05, 3.63) is 11.7 Å². The lowest BCUT2D eigenvalue weighted by molar-refractivity contribution is -0.129. The molecule has 1 aromatic heterocycles. The van der Waals surface area contributed by atoms with Crippen LogP contribution in [0.3, 0.4) is 0 Å². The van der Waals surface area contributed by atoms with Gasteiger partial charge < -0.3 is 9.26 Å². The Morgan fingerprint density at radius 1 is 1.56 bits per heavy atom. The SMILES string of the molecule is CCOC(c1noc(CC(=O)C(F)F)n1)C1CC1. The minimum Gasteiger partial charge on any atom is -0.370 e. The van der Waals surface area contributed by atoms with Crippen LogP contribution >= 0.6 is 0 Å². The lowest BCUT2D eigenvalue weighted by Crippen LogP contribution is -2.13. The van der Waals surface area contributed by atoms with Crippen LogP contribution in [0.2, 0.25) is 0 Å². The van der Waals surface area contributed by atoms with E-state index in [0.29, 0.717) is 18.3 Å². The summed E-state index contributed by atoms with van der Waals surface area (Å²) in [4.78, 5) is 14.8. The van der Waals surface area contributed by atoms with E-state index in [1.807, 2.05) is 6.92 Å². The zero-order chi connectivity index (χ0) is 13.1. The van der Waals surface area contributed by atoms with Crippen molar-refractivity contribution in [2.45, 2.75) is 38.7 Å². The number of alkyl halides is 2. The molecule has 1 aliphatic rings. The van der Waals surface area contributed by atoms with Gasteiger partial charge in [0.1, 0.15) is 6.10 Å². The van der Waals surface area contributed by atoms with E-state index >= 15 is 0 Å². The largest absolute Gasteiger partial charge is 0.370 e. The minimum atomic E-state index is -3.01. The van der Waals surface area contributed by atoms with Gasteiger partial charge in [0.15, 0.2) is 0 Å². The highest BCUT2D eigenvalue weighted by Crippen LogP contribution is 2.42. The molecule has 1 heterocycles. The van der Waals surface area contributed by atoms with Gasteiger partial charge >= 0.3 is 0 Å². The van der Waals surface area contributed by atoms with Crippen LogP contribution in [-0.4, -0.2) is 29.0 Å². The smallest absolute Gasteiger partial charge is 0.296 e. The third kappa shape index (κ3) is 3.10. The van der Waals surface area contributed by atoms with Crippen molar-refractivity contribution in [3.8, 4) is 0 Å². The van der Waals surface area contributed by atoms with Crippen LogP contribution in [0.4, 0.5) is 8.78 Å². The molecule has 1 unspecified atom stereocenters. The number of ketones is 1. The number of carbonyl (C=O) groups is 1. The molecular formula is C11H14F2N2O3. The molecule has 0 radical (unpaired) electrons. The molecule has 0 bridgehead atoms. The molecule has 1 aliphatic carbocycles. The van der Waals surface area contributed by atoms with E-state index in [9.17, 15) is 13.6 Å². The molecule has 1 saturated carbocycles. The Labute approximate surface area is 103 Å². The third-order valence-corrected chi connectivity index (χ3v) is 2.70. The molecule has 1 atom stereocenters. The topological polar surface area (TPSA) is 65.2 Å². The quantitative estimate of drug-likeness (QED) is 0.749. The number of hydrogen-bond donors (Lipinski definition) is 0. The third-order valence-electron chi connectivity index (χ3n) is 2.70. The fourth-order valence-corrected chi connectivity index (χ4v) is 1.68. The first kappa shape index (κ1) is 13.1. The number of aromatic nitrogens is 2. The van der Waals surface area contributed by atoms with E-state index in [4.69, 9.17) is 9.26 Å². The molecule has 2 rings (SSSR count). The number of hydrogen-bond acceptors (Lipinski definition) is 5. The molecule has 0 amide bonds. The molecule has 0 aliphatic heterocycles. The lowest BCUT2D eigenvalue weighted by atomic mass is 10.2. The summed E-state index contributed by atoms with van der Waals surface area (Å²) in [6.07, 6.45) is -1.73. The van der Waals surface area contributed by atoms with Crippen molar-refractivity contribution >= 4 is 5.78 Å². The van der Waals surface area contributed by atoms with Crippen LogP contribution in [0.1, 0.15) is 37.6 Å². The predicted octanol–water partition coefficient (Wildman–Crippen LogP) is 1.93. The highest BCUT2D eigenvalue weighted by atomic mass is 19.3. The lowest BCUT2D eigenvalue weighted by Gasteiger charge is -2.10. The van der Waals surface area contributed by atoms with Crippen LogP contribution in [-0.2, 0) is 16.0 Å². The molecule has 1 aromatic rings. The summed E-state index contributed by atoms with van der Waals surface area (Å²) in [5.41, 5.74) is 0. The summed E-state index contributed by atoms with van der Waals surface area (Å²) >= 11 is 0. The van der Waals surface area contributed by atoms with Crippen molar-refractivity contribution in [1.82, 2.24) is 10.1 Å². The Bertz CT molecular complexity index is 418. The summed E-state index contributed by atoms with van der Waals surface area (Å²) in [5.74, 6) is -0.595. The van der Waals surface area contributed by atoms with Gasteiger partial charge in [-0.2, -0.15) is 4.98 Å². The second-order valence-corrected chi connectivity index (χ2v) is 4.20. The fraction of sp³-hybridized carbons (Fsp3) is 0.727. The van der Waals surface area contributed by atoms with E-state index in [1.54, 1.807) is 0 Å². The zero-order valence-corrected chi connectivity index (χ0v) is 9.94. The molecular weight excluding hydrogens is 246 g/mol. The summed E-state index contributed by atoms with van der Waals surface area (Å²) in [7, 11) is 0. The summed E-state index contributed by atoms with van der Waals surface area (Å²) in [6.45, 7) is 2.37. The van der Waals surface area contributed by atoms with Gasteiger partial charge in [0, 0.05) is 6.61 Å². The van der Waals surface area contributed by atoms with Crippen molar-refractivity contribution < 1.29 is 22.8 Å². The van der Waals surface area contributed by atoms with Crippen molar-refractivity contribution in [1.29, 1.82) is 0 Å². The van der Waals surface area contributed by atoms with Gasteiger partial charge in [0.2, 0.25) is 17.5 Å². The Kier molecular flexibility index (Phi) is 4.00. The summed E-state index contributed by atoms with van der Waals surface area (Å²) in [6, 6.07) is 0. The Morgan fingerprint density at radius 2 is 2.28 bits per heavy atom. The van der Waals surface area contributed by atoms with Crippen LogP contribution in [0, 0.1) is 5.92 Å². The van der Waals surface area contributed by atoms with Crippen molar-refractivity contribution in [3.63, 3.8) is 0 Å². The normalized spacial score (nSPS) is 17.1. The Morgan fingerprint density at radius 3 is 2.83 bits per heavy atom.